The van der Waals surface area contributed by atoms with Gasteiger partial charge in [-0.15, -0.1) is 0 Å². The molecule has 0 aromatic heterocycles. The van der Waals surface area contributed by atoms with Crippen molar-refractivity contribution < 1.29 is 27.9 Å². The summed E-state index contributed by atoms with van der Waals surface area (Å²) in [5.41, 5.74) is 0. The minimum absolute atomic E-state index is 0.512. The van der Waals surface area contributed by atoms with Crippen LogP contribution in [0, 0.1) is 0 Å². The molecule has 0 fully saturated rings. The Kier molecular flexibility index (Phi) is 5.06. The molecule has 0 rings (SSSR count). The van der Waals surface area contributed by atoms with E-state index in [1.54, 1.807) is 0 Å². The van der Waals surface area contributed by atoms with Crippen molar-refractivity contribution in [2.45, 2.75) is 25.6 Å². The Morgan fingerprint density at radius 1 is 1.44 bits per heavy atom. The molecule has 0 heterocycles. The van der Waals surface area contributed by atoms with Gasteiger partial charge in [-0.25, -0.2) is 4.79 Å². The number of nitrogens with zero attached hydrogens (tertiary/aromatic N) is 1. The molecule has 0 aromatic carbocycles. The highest BCUT2D eigenvalue weighted by molar-refractivity contribution is 5.82. The second-order valence-electron chi connectivity index (χ2n) is 3.30. The second-order valence-corrected chi connectivity index (χ2v) is 3.30. The zero-order valence-electron chi connectivity index (χ0n) is 8.84. The van der Waals surface area contributed by atoms with Crippen LogP contribution >= 0.6 is 0 Å². The number of hydrogen-bond donors (Lipinski definition) is 2. The maximum atomic E-state index is 11.8. The molecule has 16 heavy (non-hydrogen) atoms. The monoisotopic (exact) mass is 242 g/mol. The lowest BCUT2D eigenvalue weighted by molar-refractivity contribution is -0.139. The van der Waals surface area contributed by atoms with Gasteiger partial charge in [0.1, 0.15) is 6.04 Å². The number of halogens is 3. The summed E-state index contributed by atoms with van der Waals surface area (Å²) in [4.78, 5) is 22.3. The Bertz CT molecular complexity index is 268. The number of hydrogen-bond acceptors (Lipinski definition) is 2. The first-order valence-electron chi connectivity index (χ1n) is 4.44. The van der Waals surface area contributed by atoms with E-state index in [1.807, 2.05) is 5.32 Å². The van der Waals surface area contributed by atoms with Crippen molar-refractivity contribution in [3.05, 3.63) is 0 Å². The zero-order valence-corrected chi connectivity index (χ0v) is 8.84. The molecule has 0 aliphatic heterocycles. The van der Waals surface area contributed by atoms with Crippen molar-refractivity contribution in [1.29, 1.82) is 0 Å². The highest BCUT2D eigenvalue weighted by atomic mass is 19.4. The Hall–Kier alpha value is -1.47. The Morgan fingerprint density at radius 3 is 2.31 bits per heavy atom. The van der Waals surface area contributed by atoms with Gasteiger partial charge in [0.05, 0.1) is 6.42 Å². The second kappa shape index (κ2) is 5.57. The van der Waals surface area contributed by atoms with E-state index in [9.17, 15) is 22.8 Å². The van der Waals surface area contributed by atoms with Crippen LogP contribution < -0.4 is 5.32 Å². The van der Waals surface area contributed by atoms with E-state index in [0.717, 1.165) is 11.9 Å². The van der Waals surface area contributed by atoms with Crippen LogP contribution in [-0.4, -0.2) is 47.8 Å². The van der Waals surface area contributed by atoms with Gasteiger partial charge >= 0.3 is 18.2 Å². The van der Waals surface area contributed by atoms with Crippen molar-refractivity contribution in [2.75, 3.05) is 13.6 Å². The van der Waals surface area contributed by atoms with Crippen molar-refractivity contribution >= 4 is 12.0 Å². The van der Waals surface area contributed by atoms with Crippen LogP contribution in [0.1, 0.15) is 13.3 Å². The van der Waals surface area contributed by atoms with Gasteiger partial charge in [0.2, 0.25) is 0 Å². The fourth-order valence-corrected chi connectivity index (χ4v) is 0.753. The highest BCUT2D eigenvalue weighted by Crippen LogP contribution is 2.19. The number of carbonyl (C=O) groups is 2. The van der Waals surface area contributed by atoms with E-state index in [0.29, 0.717) is 0 Å². The van der Waals surface area contributed by atoms with Crippen molar-refractivity contribution in [3.63, 3.8) is 0 Å². The maximum absolute atomic E-state index is 11.8. The van der Waals surface area contributed by atoms with E-state index in [2.05, 4.69) is 0 Å². The Labute approximate surface area is 90.2 Å². The number of nitrogens with one attached hydrogen (secondary N) is 1. The SMILES string of the molecule is C[C@@H](NC(=O)N(C)CCC(F)(F)F)C(=O)O. The molecule has 2 N–H and O–H groups in total. The molecule has 8 heteroatoms. The van der Waals surface area contributed by atoms with E-state index >= 15 is 0 Å². The van der Waals surface area contributed by atoms with Gasteiger partial charge in [0.25, 0.3) is 0 Å². The van der Waals surface area contributed by atoms with Gasteiger partial charge < -0.3 is 15.3 Å². The summed E-state index contributed by atoms with van der Waals surface area (Å²) in [5, 5.41) is 10.5. The average molecular weight is 242 g/mol. The lowest BCUT2D eigenvalue weighted by Crippen LogP contribution is -2.45. The third kappa shape index (κ3) is 6.10. The van der Waals surface area contributed by atoms with E-state index in [4.69, 9.17) is 5.11 Å². The van der Waals surface area contributed by atoms with Crippen LogP contribution in [0.15, 0.2) is 0 Å². The summed E-state index contributed by atoms with van der Waals surface area (Å²) in [6.45, 7) is 0.708. The molecule has 94 valence electrons. The predicted molar refractivity (Wildman–Crippen MR) is 48.9 cm³/mol. The number of aliphatic carboxylic acids is 1. The number of carboxylic acids is 1. The first-order chi connectivity index (χ1) is 7.13. The molecule has 1 atom stereocenters. The average Bonchev–Trinajstić information content (AvgIpc) is 2.12. The molecular weight excluding hydrogens is 229 g/mol. The molecule has 0 bridgehead atoms. The third-order valence-electron chi connectivity index (χ3n) is 1.79. The molecule has 0 spiro atoms. The van der Waals surface area contributed by atoms with Gasteiger partial charge in [-0.3, -0.25) is 4.79 Å². The predicted octanol–water partition coefficient (Wildman–Crippen LogP) is 1.05. The first kappa shape index (κ1) is 14.5. The largest absolute Gasteiger partial charge is 0.480 e. The number of alkyl halides is 3. The van der Waals surface area contributed by atoms with Gasteiger partial charge in [-0.1, -0.05) is 0 Å². The fraction of sp³-hybridized carbons (Fsp3) is 0.750. The molecule has 0 aromatic rings. The molecule has 0 saturated carbocycles. The quantitative estimate of drug-likeness (QED) is 0.774. The third-order valence-corrected chi connectivity index (χ3v) is 1.79. The number of urea groups is 1. The van der Waals surface area contributed by atoms with Crippen LogP contribution in [0.25, 0.3) is 0 Å². The van der Waals surface area contributed by atoms with Gasteiger partial charge in [-0.05, 0) is 6.92 Å². The molecular formula is C8H13F3N2O3. The molecule has 5 nitrogen and oxygen atoms in total. The van der Waals surface area contributed by atoms with Gasteiger partial charge in [-0.2, -0.15) is 13.2 Å². The molecule has 0 radical (unpaired) electrons. The first-order valence-corrected chi connectivity index (χ1v) is 4.44. The topological polar surface area (TPSA) is 69.6 Å². The summed E-state index contributed by atoms with van der Waals surface area (Å²) in [5.74, 6) is -1.25. The van der Waals surface area contributed by atoms with Crippen LogP contribution in [0.4, 0.5) is 18.0 Å². The number of carboxylic acid groups (broad SMARTS) is 1. The van der Waals surface area contributed by atoms with E-state index < -0.39 is 37.2 Å². The van der Waals surface area contributed by atoms with E-state index in [1.165, 1.54) is 6.92 Å². The summed E-state index contributed by atoms with van der Waals surface area (Å²) in [6.07, 6.45) is -5.47. The molecule has 0 aliphatic rings. The van der Waals surface area contributed by atoms with Crippen LogP contribution in [-0.2, 0) is 4.79 Å². The molecule has 0 aliphatic carbocycles. The van der Waals surface area contributed by atoms with Gasteiger partial charge in [0, 0.05) is 13.6 Å². The van der Waals surface area contributed by atoms with Crippen LogP contribution in [0.2, 0.25) is 0 Å². The standard InChI is InChI=1S/C8H13F3N2O3/c1-5(6(14)15)12-7(16)13(2)4-3-8(9,10)11/h5H,3-4H2,1-2H3,(H,12,16)(H,14,15)/t5-/m1/s1. The number of rotatable bonds is 4. The number of amides is 2. The summed E-state index contributed by atoms with van der Waals surface area (Å²) in [7, 11) is 1.16. The fourth-order valence-electron chi connectivity index (χ4n) is 0.753. The van der Waals surface area contributed by atoms with Crippen molar-refractivity contribution in [2.24, 2.45) is 0 Å². The normalized spacial score (nSPS) is 13.1. The summed E-state index contributed by atoms with van der Waals surface area (Å²) >= 11 is 0. The smallest absolute Gasteiger partial charge is 0.390 e. The van der Waals surface area contributed by atoms with Crippen LogP contribution in [0.5, 0.6) is 0 Å². The Morgan fingerprint density at radius 2 is 1.94 bits per heavy atom. The molecule has 0 saturated heterocycles. The number of carbonyl (C=O) groups excluding carboxylic acids is 1. The van der Waals surface area contributed by atoms with Crippen molar-refractivity contribution in [1.82, 2.24) is 10.2 Å². The maximum Gasteiger partial charge on any atom is 0.390 e. The molecule has 2 amide bonds. The van der Waals surface area contributed by atoms with Gasteiger partial charge in [0.15, 0.2) is 0 Å². The molecule has 0 unspecified atom stereocenters. The lowest BCUT2D eigenvalue weighted by Gasteiger charge is -2.20. The van der Waals surface area contributed by atoms with E-state index in [-0.39, 0.29) is 0 Å². The van der Waals surface area contributed by atoms with Crippen LogP contribution in [0.3, 0.4) is 0 Å². The van der Waals surface area contributed by atoms with Crippen molar-refractivity contribution in [3.8, 4) is 0 Å². The highest BCUT2D eigenvalue weighted by Gasteiger charge is 2.28. The zero-order chi connectivity index (χ0) is 12.9. The minimum atomic E-state index is -4.34. The minimum Gasteiger partial charge on any atom is -0.480 e. The summed E-state index contributed by atoms with van der Waals surface area (Å²) < 4.78 is 35.5. The summed E-state index contributed by atoms with van der Waals surface area (Å²) in [6, 6.07) is -1.99. The lowest BCUT2D eigenvalue weighted by atomic mass is 10.3. The Balaban J connectivity index is 4.05.